The lowest BCUT2D eigenvalue weighted by molar-refractivity contribution is -0.531. The molecule has 0 amide bonds. The molecular formula is C22H19N8O+. The van der Waals surface area contributed by atoms with Crippen LogP contribution >= 0.6 is 0 Å². The number of hydrogen-bond donors (Lipinski definition) is 2. The molecule has 31 heavy (non-hydrogen) atoms. The summed E-state index contributed by atoms with van der Waals surface area (Å²) in [6, 6.07) is 11.6. The number of ether oxygens (including phenoxy) is 1. The maximum Gasteiger partial charge on any atom is 0.312 e. The molecule has 0 aliphatic carbocycles. The first-order chi connectivity index (χ1) is 15.1. The van der Waals surface area contributed by atoms with E-state index in [0.29, 0.717) is 17.8 Å². The van der Waals surface area contributed by atoms with Gasteiger partial charge < -0.3 is 14.7 Å². The average Bonchev–Trinajstić information content (AvgIpc) is 3.51. The molecule has 0 fully saturated rings. The van der Waals surface area contributed by atoms with Gasteiger partial charge in [0, 0.05) is 22.7 Å². The van der Waals surface area contributed by atoms with Crippen LogP contribution in [-0.4, -0.2) is 39.4 Å². The summed E-state index contributed by atoms with van der Waals surface area (Å²) in [7, 11) is 1.66. The molecule has 1 aliphatic heterocycles. The number of benzene rings is 2. The summed E-state index contributed by atoms with van der Waals surface area (Å²) in [6.07, 6.45) is 2.36. The minimum absolute atomic E-state index is 0.240. The minimum Gasteiger partial charge on any atom is -0.496 e. The molecular weight excluding hydrogens is 392 g/mol. The van der Waals surface area contributed by atoms with Crippen LogP contribution in [0.15, 0.2) is 52.0 Å². The number of nitriles is 1. The van der Waals surface area contributed by atoms with Crippen LogP contribution in [0.5, 0.6) is 5.75 Å². The van der Waals surface area contributed by atoms with Gasteiger partial charge in [0.05, 0.1) is 47.2 Å². The Kier molecular flexibility index (Phi) is 4.33. The first kappa shape index (κ1) is 18.7. The summed E-state index contributed by atoms with van der Waals surface area (Å²) in [5.41, 5.74) is 5.25. The second kappa shape index (κ2) is 7.18. The number of hydrogen-bond acceptors (Lipinski definition) is 6. The van der Waals surface area contributed by atoms with Gasteiger partial charge in [-0.15, -0.1) is 0 Å². The zero-order valence-corrected chi connectivity index (χ0v) is 17.0. The summed E-state index contributed by atoms with van der Waals surface area (Å²) in [4.78, 5) is 12.7. The van der Waals surface area contributed by atoms with E-state index < -0.39 is 0 Å². The number of fused-ring (bicyclic) bond motifs is 2. The summed E-state index contributed by atoms with van der Waals surface area (Å²) in [6.45, 7) is 5.73. The van der Waals surface area contributed by atoms with Crippen LogP contribution in [0.25, 0.3) is 21.9 Å². The zero-order chi connectivity index (χ0) is 21.5. The molecule has 4 aromatic rings. The first-order valence-electron chi connectivity index (χ1n) is 9.71. The number of nitrogens with zero attached hydrogens (tertiary/aromatic N) is 6. The summed E-state index contributed by atoms with van der Waals surface area (Å²) in [5, 5.41) is 22.6. The molecule has 0 bridgehead atoms. The van der Waals surface area contributed by atoms with Crippen LogP contribution in [0.2, 0.25) is 0 Å². The van der Waals surface area contributed by atoms with E-state index in [9.17, 15) is 5.26 Å². The van der Waals surface area contributed by atoms with Crippen molar-refractivity contribution in [1.29, 1.82) is 5.26 Å². The molecule has 2 aromatic carbocycles. The van der Waals surface area contributed by atoms with Gasteiger partial charge in [-0.3, -0.25) is 0 Å². The van der Waals surface area contributed by atoms with Gasteiger partial charge in [-0.25, -0.2) is 4.98 Å². The largest absolute Gasteiger partial charge is 0.496 e. The number of nitrogens with one attached hydrogen (secondary N) is 2. The third-order valence-electron chi connectivity index (χ3n) is 5.45. The first-order valence-corrected chi connectivity index (χ1v) is 9.71. The number of aromatic amines is 2. The van der Waals surface area contributed by atoms with E-state index in [0.717, 1.165) is 44.6 Å². The Labute approximate surface area is 177 Å². The Hall–Kier alpha value is -4.32. The van der Waals surface area contributed by atoms with Crippen LogP contribution in [-0.2, 0) is 0 Å². The molecule has 2 N–H and O–H groups in total. The predicted molar refractivity (Wildman–Crippen MR) is 117 cm³/mol. The molecule has 0 saturated heterocycles. The van der Waals surface area contributed by atoms with Crippen LogP contribution in [0.3, 0.4) is 0 Å². The number of aromatic nitrogens is 3. The monoisotopic (exact) mass is 411 g/mol. The number of hydrazone groups is 1. The third kappa shape index (κ3) is 3.14. The van der Waals surface area contributed by atoms with Crippen LogP contribution < -0.4 is 4.74 Å². The second-order valence-corrected chi connectivity index (χ2v) is 7.38. The van der Waals surface area contributed by atoms with Gasteiger partial charge in [0.1, 0.15) is 18.3 Å². The van der Waals surface area contributed by atoms with Gasteiger partial charge in [-0.2, -0.15) is 5.26 Å². The molecule has 0 radical (unpaired) electrons. The summed E-state index contributed by atoms with van der Waals surface area (Å²) >= 11 is 0. The number of imidazole rings is 1. The van der Waals surface area contributed by atoms with Crippen molar-refractivity contribution in [2.24, 2.45) is 15.4 Å². The molecule has 152 valence electrons. The van der Waals surface area contributed by atoms with E-state index in [2.05, 4.69) is 38.2 Å². The van der Waals surface area contributed by atoms with E-state index in [1.165, 1.54) is 4.79 Å². The lowest BCUT2D eigenvalue weighted by Crippen LogP contribution is -2.11. The normalized spacial score (nSPS) is 14.2. The maximum absolute atomic E-state index is 9.24. The maximum atomic E-state index is 9.24. The number of H-pyrrole nitrogens is 2. The average molecular weight is 411 g/mol. The van der Waals surface area contributed by atoms with Crippen molar-refractivity contribution in [2.75, 3.05) is 7.11 Å². The van der Waals surface area contributed by atoms with Gasteiger partial charge in [-0.1, -0.05) is 0 Å². The Morgan fingerprint density at radius 2 is 2.16 bits per heavy atom. The van der Waals surface area contributed by atoms with Crippen LogP contribution in [0.4, 0.5) is 0 Å². The van der Waals surface area contributed by atoms with Crippen LogP contribution in [0.1, 0.15) is 34.9 Å². The molecule has 0 saturated carbocycles. The van der Waals surface area contributed by atoms with Gasteiger partial charge in [-0.05, 0) is 52.7 Å². The summed E-state index contributed by atoms with van der Waals surface area (Å²) < 4.78 is 5.79. The second-order valence-electron chi connectivity index (χ2n) is 7.38. The van der Waals surface area contributed by atoms with Crippen LogP contribution in [0, 0.1) is 18.3 Å². The van der Waals surface area contributed by atoms with Crippen molar-refractivity contribution in [1.82, 2.24) is 15.0 Å². The Morgan fingerprint density at radius 3 is 2.90 bits per heavy atom. The Morgan fingerprint density at radius 1 is 1.29 bits per heavy atom. The predicted octanol–water partition coefficient (Wildman–Crippen LogP) is 4.16. The minimum atomic E-state index is -0.240. The van der Waals surface area contributed by atoms with Crippen molar-refractivity contribution in [2.45, 2.75) is 19.3 Å². The van der Waals surface area contributed by atoms with E-state index in [4.69, 9.17) is 9.72 Å². The number of rotatable bonds is 5. The van der Waals surface area contributed by atoms with Gasteiger partial charge in [0.15, 0.2) is 5.22 Å². The molecule has 1 atom stereocenters. The SMILES string of the molecule is C=[N+]1N=NC(CC(c2nc3ccc(C#N)cc3[nH]2)c2c(OC)cc(C)c3[nH]ccc23)=N1. The zero-order valence-electron chi connectivity index (χ0n) is 17.0. The molecule has 9 nitrogen and oxygen atoms in total. The highest BCUT2D eigenvalue weighted by Crippen LogP contribution is 2.41. The molecule has 9 heteroatoms. The topological polar surface area (TPSA) is 118 Å². The van der Waals surface area contributed by atoms with Crippen molar-refractivity contribution < 1.29 is 9.53 Å². The van der Waals surface area contributed by atoms with Gasteiger partial charge in [0.2, 0.25) is 0 Å². The van der Waals surface area contributed by atoms with E-state index >= 15 is 0 Å². The van der Waals surface area contributed by atoms with Crippen molar-refractivity contribution >= 4 is 34.5 Å². The molecule has 3 heterocycles. The van der Waals surface area contributed by atoms with E-state index in [1.807, 2.05) is 31.3 Å². The van der Waals surface area contributed by atoms with Gasteiger partial charge in [0.25, 0.3) is 0 Å². The fourth-order valence-corrected chi connectivity index (χ4v) is 4.07. The van der Waals surface area contributed by atoms with E-state index in [-0.39, 0.29) is 5.92 Å². The Bertz CT molecular complexity index is 1450. The van der Waals surface area contributed by atoms with Crippen molar-refractivity contribution in [3.05, 3.63) is 59.0 Å². The number of amidine groups is 1. The number of methoxy groups -OCH3 is 1. The highest BCUT2D eigenvalue weighted by Gasteiger charge is 2.31. The van der Waals surface area contributed by atoms with Gasteiger partial charge >= 0.3 is 5.84 Å². The lowest BCUT2D eigenvalue weighted by atomic mass is 9.89. The quantitative estimate of drug-likeness (QED) is 0.480. The highest BCUT2D eigenvalue weighted by molar-refractivity contribution is 5.91. The number of aryl methyl sites for hydroxylation is 1. The molecule has 1 unspecified atom stereocenters. The highest BCUT2D eigenvalue weighted by atomic mass is 16.5. The molecule has 1 aliphatic rings. The molecule has 2 aromatic heterocycles. The fraction of sp³-hybridized carbons (Fsp3) is 0.182. The van der Waals surface area contributed by atoms with E-state index in [1.54, 1.807) is 19.2 Å². The van der Waals surface area contributed by atoms with Crippen molar-refractivity contribution in [3.63, 3.8) is 0 Å². The third-order valence-corrected chi connectivity index (χ3v) is 5.45. The smallest absolute Gasteiger partial charge is 0.312 e. The molecule has 0 spiro atoms. The summed E-state index contributed by atoms with van der Waals surface area (Å²) in [5.74, 6) is 1.80. The molecule has 5 rings (SSSR count). The fourth-order valence-electron chi connectivity index (χ4n) is 4.07. The Balaban J connectivity index is 1.74. The standard InChI is InChI=1S/C22H19N8O/c1-12-8-18(31-3)20(14-6-7-24-21(12)14)15(10-19-27-29-30(2)28-19)22-25-16-5-4-13(11-23)9-17(16)26-22/h4-9,15,24H,2,10H2,1,3H3,(H,25,26)/q+1. The lowest BCUT2D eigenvalue weighted by Gasteiger charge is -2.18. The van der Waals surface area contributed by atoms with Crippen molar-refractivity contribution in [3.8, 4) is 11.8 Å².